The molecule has 158 valence electrons. The largest absolute Gasteiger partial charge is 0.280 e. The Hall–Kier alpha value is -2.84. The lowest BCUT2D eigenvalue weighted by Gasteiger charge is -2.14. The van der Waals surface area contributed by atoms with Crippen LogP contribution in [0.4, 0.5) is 11.4 Å². The zero-order valence-electron chi connectivity index (χ0n) is 17.2. The first-order valence-electron chi connectivity index (χ1n) is 9.28. The van der Waals surface area contributed by atoms with E-state index in [4.69, 9.17) is 0 Å². The van der Waals surface area contributed by atoms with Gasteiger partial charge in [-0.15, -0.1) is 0 Å². The maximum absolute atomic E-state index is 12.8. The predicted molar refractivity (Wildman–Crippen MR) is 120 cm³/mol. The van der Waals surface area contributed by atoms with Gasteiger partial charge in [0.1, 0.15) is 0 Å². The lowest BCUT2D eigenvalue weighted by molar-refractivity contribution is 0.599. The van der Waals surface area contributed by atoms with Gasteiger partial charge in [0.25, 0.3) is 20.0 Å². The van der Waals surface area contributed by atoms with Crippen LogP contribution in [-0.2, 0) is 20.0 Å². The second-order valence-electron chi connectivity index (χ2n) is 7.33. The van der Waals surface area contributed by atoms with E-state index in [9.17, 15) is 16.8 Å². The molecular weight excluding hydrogens is 420 g/mol. The third-order valence-electron chi connectivity index (χ3n) is 4.61. The smallest absolute Gasteiger partial charge is 0.262 e. The highest BCUT2D eigenvalue weighted by atomic mass is 32.2. The van der Waals surface area contributed by atoms with Crippen molar-refractivity contribution in [1.82, 2.24) is 0 Å². The van der Waals surface area contributed by atoms with Crippen molar-refractivity contribution in [2.45, 2.75) is 37.5 Å². The molecular formula is C22H24N2O4S2. The van der Waals surface area contributed by atoms with Gasteiger partial charge >= 0.3 is 0 Å². The molecule has 0 unspecified atom stereocenters. The fourth-order valence-electron chi connectivity index (χ4n) is 3.27. The Balaban J connectivity index is 1.87. The maximum atomic E-state index is 12.8. The normalized spacial score (nSPS) is 11.9. The van der Waals surface area contributed by atoms with Gasteiger partial charge in [0.15, 0.2) is 0 Å². The molecule has 30 heavy (non-hydrogen) atoms. The van der Waals surface area contributed by atoms with Crippen LogP contribution < -0.4 is 9.44 Å². The second kappa shape index (κ2) is 8.12. The molecule has 0 aliphatic rings. The first-order chi connectivity index (χ1) is 14.0. The molecule has 0 aliphatic heterocycles. The average Bonchev–Trinajstić information content (AvgIpc) is 2.60. The Labute approximate surface area is 178 Å². The highest BCUT2D eigenvalue weighted by molar-refractivity contribution is 7.93. The molecule has 3 rings (SSSR count). The second-order valence-corrected chi connectivity index (χ2v) is 10.6. The van der Waals surface area contributed by atoms with E-state index in [1.54, 1.807) is 68.4 Å². The van der Waals surface area contributed by atoms with Crippen LogP contribution in [0.15, 0.2) is 70.5 Å². The summed E-state index contributed by atoms with van der Waals surface area (Å²) in [6.45, 7) is 7.25. The van der Waals surface area contributed by atoms with Crippen molar-refractivity contribution in [1.29, 1.82) is 0 Å². The predicted octanol–water partition coefficient (Wildman–Crippen LogP) is 4.52. The Morgan fingerprint density at radius 3 is 1.33 bits per heavy atom. The fraction of sp³-hybridized carbons (Fsp3) is 0.182. The molecule has 2 N–H and O–H groups in total. The number of hydrogen-bond donors (Lipinski definition) is 2. The van der Waals surface area contributed by atoms with E-state index in [-0.39, 0.29) is 21.2 Å². The van der Waals surface area contributed by atoms with Gasteiger partial charge in [-0.3, -0.25) is 9.44 Å². The average molecular weight is 445 g/mol. The highest BCUT2D eigenvalue weighted by Gasteiger charge is 2.19. The number of aryl methyl sites for hydroxylation is 4. The number of hydrogen-bond acceptors (Lipinski definition) is 4. The Bertz CT molecular complexity index is 1220. The molecule has 0 saturated heterocycles. The summed E-state index contributed by atoms with van der Waals surface area (Å²) in [5.41, 5.74) is 3.72. The molecule has 0 radical (unpaired) electrons. The van der Waals surface area contributed by atoms with Crippen LogP contribution in [0.5, 0.6) is 0 Å². The van der Waals surface area contributed by atoms with Gasteiger partial charge in [-0.25, -0.2) is 16.8 Å². The van der Waals surface area contributed by atoms with Crippen molar-refractivity contribution in [3.63, 3.8) is 0 Å². The lowest BCUT2D eigenvalue weighted by Crippen LogP contribution is -2.16. The standard InChI is InChI=1S/C22H24N2O4S2/c1-15-8-10-21(17(3)12-15)29(25,26)23-19-6-5-7-20(14-19)24-30(27,28)22-11-9-16(2)13-18(22)4/h5-14,23-24H,1-4H3. The zero-order valence-corrected chi connectivity index (χ0v) is 18.9. The third-order valence-corrected chi connectivity index (χ3v) is 7.69. The minimum atomic E-state index is -3.81. The monoisotopic (exact) mass is 444 g/mol. The molecule has 6 nitrogen and oxygen atoms in total. The van der Waals surface area contributed by atoms with Gasteiger partial charge in [-0.05, 0) is 69.2 Å². The summed E-state index contributed by atoms with van der Waals surface area (Å²) in [7, 11) is -7.62. The van der Waals surface area contributed by atoms with E-state index in [0.717, 1.165) is 11.1 Å². The third kappa shape index (κ3) is 4.83. The Morgan fingerprint density at radius 1 is 0.567 bits per heavy atom. The van der Waals surface area contributed by atoms with E-state index in [2.05, 4.69) is 9.44 Å². The number of benzene rings is 3. The molecule has 0 fully saturated rings. The van der Waals surface area contributed by atoms with Crippen LogP contribution in [0.1, 0.15) is 22.3 Å². The van der Waals surface area contributed by atoms with Crippen LogP contribution in [0.25, 0.3) is 0 Å². The summed E-state index contributed by atoms with van der Waals surface area (Å²) in [5.74, 6) is 0. The number of nitrogens with one attached hydrogen (secondary N) is 2. The molecule has 0 amide bonds. The van der Waals surface area contributed by atoms with Gasteiger partial charge in [0.2, 0.25) is 0 Å². The fourth-order valence-corrected chi connectivity index (χ4v) is 5.82. The van der Waals surface area contributed by atoms with E-state index in [0.29, 0.717) is 11.1 Å². The van der Waals surface area contributed by atoms with Gasteiger partial charge in [-0.1, -0.05) is 41.5 Å². The molecule has 0 atom stereocenters. The van der Waals surface area contributed by atoms with E-state index in [1.165, 1.54) is 6.07 Å². The highest BCUT2D eigenvalue weighted by Crippen LogP contribution is 2.25. The SMILES string of the molecule is Cc1ccc(S(=O)(=O)Nc2cccc(NS(=O)(=O)c3ccc(C)cc3C)c2)c(C)c1. The van der Waals surface area contributed by atoms with Crippen LogP contribution in [0.2, 0.25) is 0 Å². The van der Waals surface area contributed by atoms with Gasteiger partial charge in [0.05, 0.1) is 21.2 Å². The molecule has 0 heterocycles. The molecule has 3 aromatic rings. The minimum Gasteiger partial charge on any atom is -0.280 e. The van der Waals surface area contributed by atoms with Crippen LogP contribution in [0.3, 0.4) is 0 Å². The van der Waals surface area contributed by atoms with Gasteiger partial charge in [0, 0.05) is 0 Å². The van der Waals surface area contributed by atoms with E-state index >= 15 is 0 Å². The molecule has 0 aliphatic carbocycles. The van der Waals surface area contributed by atoms with Crippen LogP contribution in [-0.4, -0.2) is 16.8 Å². The maximum Gasteiger partial charge on any atom is 0.262 e. The van der Waals surface area contributed by atoms with E-state index in [1.807, 2.05) is 13.8 Å². The zero-order chi connectivity index (χ0) is 22.1. The first-order valence-corrected chi connectivity index (χ1v) is 12.2. The van der Waals surface area contributed by atoms with Crippen molar-refractivity contribution in [2.24, 2.45) is 0 Å². The van der Waals surface area contributed by atoms with Crippen molar-refractivity contribution in [3.05, 3.63) is 82.9 Å². The minimum absolute atomic E-state index is 0.175. The topological polar surface area (TPSA) is 92.3 Å². The van der Waals surface area contributed by atoms with Crippen molar-refractivity contribution >= 4 is 31.4 Å². The molecule has 0 bridgehead atoms. The summed E-state index contributed by atoms with van der Waals surface area (Å²) in [5, 5.41) is 0. The van der Waals surface area contributed by atoms with Crippen molar-refractivity contribution < 1.29 is 16.8 Å². The summed E-state index contributed by atoms with van der Waals surface area (Å²) in [6.07, 6.45) is 0. The molecule has 3 aromatic carbocycles. The van der Waals surface area contributed by atoms with Crippen molar-refractivity contribution in [3.8, 4) is 0 Å². The molecule has 0 aromatic heterocycles. The lowest BCUT2D eigenvalue weighted by atomic mass is 10.2. The van der Waals surface area contributed by atoms with Crippen LogP contribution >= 0.6 is 0 Å². The summed E-state index contributed by atoms with van der Waals surface area (Å²) < 4.78 is 56.1. The summed E-state index contributed by atoms with van der Waals surface area (Å²) in [4.78, 5) is 0.351. The quantitative estimate of drug-likeness (QED) is 0.585. The Kier molecular flexibility index (Phi) is 5.92. The van der Waals surface area contributed by atoms with Crippen LogP contribution in [0, 0.1) is 27.7 Å². The van der Waals surface area contributed by atoms with Gasteiger partial charge < -0.3 is 0 Å². The number of sulfonamides is 2. The molecule has 0 saturated carbocycles. The van der Waals surface area contributed by atoms with Gasteiger partial charge in [-0.2, -0.15) is 0 Å². The molecule has 8 heteroatoms. The van der Waals surface area contributed by atoms with Crippen molar-refractivity contribution in [2.75, 3.05) is 9.44 Å². The number of rotatable bonds is 6. The van der Waals surface area contributed by atoms with E-state index < -0.39 is 20.0 Å². The summed E-state index contributed by atoms with van der Waals surface area (Å²) in [6, 6.07) is 16.3. The molecule has 0 spiro atoms. The first kappa shape index (κ1) is 21.9. The summed E-state index contributed by atoms with van der Waals surface area (Å²) >= 11 is 0. The Morgan fingerprint density at radius 2 is 0.967 bits per heavy atom. The number of anilines is 2.